The monoisotopic (exact) mass is 1050 g/mol. The van der Waals surface area contributed by atoms with Gasteiger partial charge in [-0.25, -0.2) is 26.4 Å². The highest BCUT2D eigenvalue weighted by Gasteiger charge is 2.48. The number of hydrogen-bond acceptors (Lipinski definition) is 12. The fraction of sp³-hybridized carbons (Fsp3) is 0.353. The smallest absolute Gasteiger partial charge is 0.444 e. The molecule has 71 heavy (non-hydrogen) atoms. The van der Waals surface area contributed by atoms with Gasteiger partial charge in [-0.3, -0.25) is 14.5 Å². The number of nitrogens with one attached hydrogen (secondary N) is 2. The summed E-state index contributed by atoms with van der Waals surface area (Å²) in [5.74, 6) is -0.980. The Morgan fingerprint density at radius 1 is 0.789 bits per heavy atom. The predicted molar refractivity (Wildman–Crippen MR) is 270 cm³/mol. The number of carbonyl (C=O) groups excluding carboxylic acids is 3. The SMILES string of the molecule is CC(C)(C)OC(=O)N1CCN(CC[C@H](CSc2ccccc2)Nc2ccc(S(=O)(=O)NC(=O)c3ccc(N4CCC(C(=O)c5ccccc5-c5ccc(Cl)cc5)CC4)cc3)cc2S(=O)(=O)C(F)(F)F)CC1. The summed E-state index contributed by atoms with van der Waals surface area (Å²) in [5.41, 5.74) is -3.94. The Balaban J connectivity index is 1.02. The van der Waals surface area contributed by atoms with E-state index >= 15 is 0 Å². The van der Waals surface area contributed by atoms with Crippen LogP contribution in [0, 0.1) is 5.92 Å². The van der Waals surface area contributed by atoms with Gasteiger partial charge in [-0.1, -0.05) is 66.2 Å². The number of alkyl halides is 3. The molecule has 0 spiro atoms. The average Bonchev–Trinajstić information content (AvgIpc) is 3.34. The first kappa shape index (κ1) is 53.2. The van der Waals surface area contributed by atoms with E-state index in [1.807, 2.05) is 76.4 Å². The summed E-state index contributed by atoms with van der Waals surface area (Å²) in [7, 11) is -11.1. The second kappa shape index (κ2) is 22.4. The number of sulfonamides is 1. The Morgan fingerprint density at radius 3 is 2.06 bits per heavy atom. The van der Waals surface area contributed by atoms with E-state index in [0.29, 0.717) is 87.5 Å². The number of carbonyl (C=O) groups is 3. The fourth-order valence-electron chi connectivity index (χ4n) is 8.35. The van der Waals surface area contributed by atoms with E-state index in [1.165, 1.54) is 23.9 Å². The number of anilines is 2. The lowest BCUT2D eigenvalue weighted by atomic mass is 9.85. The van der Waals surface area contributed by atoms with Gasteiger partial charge < -0.3 is 19.9 Å². The highest BCUT2D eigenvalue weighted by molar-refractivity contribution is 7.99. The van der Waals surface area contributed by atoms with Crippen LogP contribution < -0.4 is 14.9 Å². The highest BCUT2D eigenvalue weighted by atomic mass is 35.5. The van der Waals surface area contributed by atoms with Gasteiger partial charge in [0.1, 0.15) is 10.5 Å². The van der Waals surface area contributed by atoms with Crippen LogP contribution in [0.4, 0.5) is 29.3 Å². The zero-order valence-electron chi connectivity index (χ0n) is 39.3. The minimum absolute atomic E-state index is 0.0414. The molecule has 0 saturated carbocycles. The molecule has 5 aromatic carbocycles. The van der Waals surface area contributed by atoms with Gasteiger partial charge in [-0.05, 0) is 118 Å². The Kier molecular flexibility index (Phi) is 16.8. The maximum absolute atomic E-state index is 14.3. The fourth-order valence-corrected chi connectivity index (χ4v) is 11.5. The van der Waals surface area contributed by atoms with Crippen molar-refractivity contribution in [2.45, 2.75) is 71.9 Å². The van der Waals surface area contributed by atoms with E-state index in [2.05, 4.69) is 10.2 Å². The van der Waals surface area contributed by atoms with Crippen LogP contribution in [0.25, 0.3) is 11.1 Å². The number of halogens is 4. The predicted octanol–water partition coefficient (Wildman–Crippen LogP) is 10.0. The van der Waals surface area contributed by atoms with Crippen LogP contribution >= 0.6 is 23.4 Å². The van der Waals surface area contributed by atoms with Gasteiger partial charge >= 0.3 is 11.6 Å². The molecule has 7 rings (SSSR count). The Bertz CT molecular complexity index is 2910. The largest absolute Gasteiger partial charge is 0.501 e. The van der Waals surface area contributed by atoms with Crippen molar-refractivity contribution in [3.63, 3.8) is 0 Å². The van der Waals surface area contributed by atoms with Crippen molar-refractivity contribution in [2.75, 3.05) is 61.8 Å². The van der Waals surface area contributed by atoms with E-state index in [1.54, 1.807) is 49.9 Å². The van der Waals surface area contributed by atoms with E-state index in [-0.39, 0.29) is 17.3 Å². The minimum atomic E-state index is -6.13. The average molecular weight is 1050 g/mol. The lowest BCUT2D eigenvalue weighted by Gasteiger charge is -2.36. The molecule has 2 aliphatic heterocycles. The number of benzene rings is 5. The highest BCUT2D eigenvalue weighted by Crippen LogP contribution is 2.37. The first-order valence-electron chi connectivity index (χ1n) is 23.0. The molecule has 2 aliphatic rings. The third-order valence-electron chi connectivity index (χ3n) is 12.2. The van der Waals surface area contributed by atoms with Gasteiger partial charge in [-0.2, -0.15) is 13.2 Å². The van der Waals surface area contributed by atoms with Crippen molar-refractivity contribution >= 4 is 72.4 Å². The molecule has 20 heteroatoms. The van der Waals surface area contributed by atoms with Crippen LogP contribution in [0.5, 0.6) is 0 Å². The zero-order valence-corrected chi connectivity index (χ0v) is 42.5. The lowest BCUT2D eigenvalue weighted by molar-refractivity contribution is -0.0436. The third-order valence-corrected chi connectivity index (χ3v) is 16.4. The van der Waals surface area contributed by atoms with Crippen molar-refractivity contribution in [3.05, 3.63) is 137 Å². The molecule has 2 fully saturated rings. The number of nitrogens with zero attached hydrogens (tertiary/aromatic N) is 3. The van der Waals surface area contributed by atoms with Crippen molar-refractivity contribution in [1.82, 2.24) is 14.5 Å². The number of piperazine rings is 1. The topological polar surface area (TPSA) is 162 Å². The van der Waals surface area contributed by atoms with E-state index in [9.17, 15) is 44.4 Å². The summed E-state index contributed by atoms with van der Waals surface area (Å²) in [5, 5.41) is 3.57. The van der Waals surface area contributed by atoms with Gasteiger partial charge in [0.25, 0.3) is 25.8 Å². The number of ketones is 1. The van der Waals surface area contributed by atoms with Crippen molar-refractivity contribution < 1.29 is 49.1 Å². The summed E-state index contributed by atoms with van der Waals surface area (Å²) in [6.45, 7) is 8.64. The molecule has 1 atom stereocenters. The number of sulfone groups is 1. The van der Waals surface area contributed by atoms with Crippen LogP contribution in [0.3, 0.4) is 0 Å². The Hall–Kier alpha value is -5.60. The molecule has 5 aromatic rings. The van der Waals surface area contributed by atoms with Crippen molar-refractivity contribution in [3.8, 4) is 11.1 Å². The lowest BCUT2D eigenvalue weighted by Crippen LogP contribution is -2.50. The molecule has 13 nitrogen and oxygen atoms in total. The summed E-state index contributed by atoms with van der Waals surface area (Å²) in [6.07, 6.45) is 1.05. The summed E-state index contributed by atoms with van der Waals surface area (Å²) >= 11 is 7.49. The van der Waals surface area contributed by atoms with E-state index in [4.69, 9.17) is 16.3 Å². The van der Waals surface area contributed by atoms with Crippen LogP contribution in [-0.4, -0.2) is 113 Å². The molecule has 378 valence electrons. The number of thioether (sulfide) groups is 1. The number of hydrogen-bond donors (Lipinski definition) is 2. The molecule has 0 radical (unpaired) electrons. The first-order valence-corrected chi connectivity index (χ1v) is 27.3. The summed E-state index contributed by atoms with van der Waals surface area (Å²) in [4.78, 5) is 44.2. The number of ether oxygens (including phenoxy) is 1. The van der Waals surface area contributed by atoms with Crippen LogP contribution in [0.2, 0.25) is 5.02 Å². The molecular formula is C51H55ClF3N5O8S3. The second-order valence-corrected chi connectivity index (χ2v) is 23.5. The Labute approximate surface area is 422 Å². The van der Waals surface area contributed by atoms with E-state index in [0.717, 1.165) is 33.8 Å². The molecular weight excluding hydrogens is 999 g/mol. The quantitative estimate of drug-likeness (QED) is 0.0712. The van der Waals surface area contributed by atoms with Gasteiger partial charge in [0.05, 0.1) is 10.6 Å². The maximum Gasteiger partial charge on any atom is 0.501 e. The van der Waals surface area contributed by atoms with Crippen molar-refractivity contribution in [2.24, 2.45) is 5.92 Å². The van der Waals surface area contributed by atoms with Gasteiger partial charge in [0.2, 0.25) is 0 Å². The molecule has 2 saturated heterocycles. The van der Waals surface area contributed by atoms with Gasteiger partial charge in [0, 0.05) is 90.3 Å². The summed E-state index contributed by atoms with van der Waals surface area (Å²) in [6, 6.07) is 31.7. The maximum atomic E-state index is 14.3. The first-order chi connectivity index (χ1) is 33.6. The van der Waals surface area contributed by atoms with Crippen molar-refractivity contribution in [1.29, 1.82) is 0 Å². The van der Waals surface area contributed by atoms with Crippen LogP contribution in [0.15, 0.2) is 136 Å². The normalized spacial score (nSPS) is 15.8. The van der Waals surface area contributed by atoms with Gasteiger partial charge in [0.15, 0.2) is 5.78 Å². The standard InChI is InChI=1S/C51H55ClF3N5O8S3/c1-50(2,3)68-49(63)60-31-29-58(30-32-60)26-25-39(34-69-41-9-5-4-6-10-41)56-45-22-21-42(33-46(45)70(64,65)51(53,54)55)71(66,67)57-48(62)37-15-19-40(20-16-37)59-27-23-36(24-28-59)47(61)44-12-8-7-11-43(44)35-13-17-38(52)18-14-35/h4-22,33,36,39,56H,23-32,34H2,1-3H3,(H,57,62)/t39-/m1/s1. The molecule has 0 bridgehead atoms. The van der Waals surface area contributed by atoms with Crippen LogP contribution in [-0.2, 0) is 24.6 Å². The number of amides is 2. The second-order valence-electron chi connectivity index (χ2n) is 18.3. The molecule has 2 amide bonds. The molecule has 2 N–H and O–H groups in total. The van der Waals surface area contributed by atoms with Crippen LogP contribution in [0.1, 0.15) is 60.7 Å². The Morgan fingerprint density at radius 2 is 1.42 bits per heavy atom. The molecule has 2 heterocycles. The van der Waals surface area contributed by atoms with E-state index < -0.39 is 64.5 Å². The molecule has 0 unspecified atom stereocenters. The minimum Gasteiger partial charge on any atom is -0.444 e. The third kappa shape index (κ3) is 13.7. The summed E-state index contributed by atoms with van der Waals surface area (Å²) < 4.78 is 104. The number of Topliss-reactive ketones (excluding diaryl/α,β-unsaturated/α-hetero) is 1. The van der Waals surface area contributed by atoms with Gasteiger partial charge in [-0.15, -0.1) is 11.8 Å². The number of rotatable bonds is 16. The zero-order chi connectivity index (χ0) is 51.1. The molecule has 0 aliphatic carbocycles. The molecule has 0 aromatic heterocycles. The number of piperidine rings is 1.